The maximum atomic E-state index is 13.4. The van der Waals surface area contributed by atoms with Crippen LogP contribution in [-0.4, -0.2) is 66.8 Å². The van der Waals surface area contributed by atoms with Gasteiger partial charge >= 0.3 is 0 Å². The molecule has 10 heteroatoms. The van der Waals surface area contributed by atoms with Gasteiger partial charge < -0.3 is 10.2 Å². The molecule has 2 saturated heterocycles. The smallest absolute Gasteiger partial charge is 0.253 e. The molecule has 2 aromatic carbocycles. The number of carbonyl (C=O) groups excluding carboxylic acids is 2. The number of anilines is 2. The maximum Gasteiger partial charge on any atom is 0.253 e. The van der Waals surface area contributed by atoms with Crippen molar-refractivity contribution >= 4 is 33.2 Å². The Kier molecular flexibility index (Phi) is 7.03. The predicted octanol–water partition coefficient (Wildman–Crippen LogP) is 2.75. The molecule has 9 nitrogen and oxygen atoms in total. The fourth-order valence-electron chi connectivity index (χ4n) is 4.66. The average molecular weight is 520 g/mol. The number of nitrogens with one attached hydrogen (secondary N) is 1. The number of piperidine rings is 1. The maximum absolute atomic E-state index is 13.4. The van der Waals surface area contributed by atoms with Gasteiger partial charge in [0.05, 0.1) is 21.8 Å². The van der Waals surface area contributed by atoms with Crippen molar-refractivity contribution in [2.75, 3.05) is 31.1 Å². The summed E-state index contributed by atoms with van der Waals surface area (Å²) >= 11 is 0. The van der Waals surface area contributed by atoms with Crippen LogP contribution < -0.4 is 10.2 Å². The lowest BCUT2D eigenvalue weighted by molar-refractivity contribution is -0.123. The highest BCUT2D eigenvalue weighted by atomic mass is 32.2. The molecule has 0 aliphatic carbocycles. The largest absolute Gasteiger partial charge is 0.339 e. The molecule has 1 N–H and O–H groups in total. The minimum atomic E-state index is -3.60. The Bertz CT molecular complexity index is 1370. The van der Waals surface area contributed by atoms with Gasteiger partial charge in [-0.15, -0.1) is 5.10 Å². The number of benzene rings is 2. The fraction of sp³-hybridized carbons (Fsp3) is 0.333. The first-order chi connectivity index (χ1) is 17.8. The van der Waals surface area contributed by atoms with Crippen LogP contribution >= 0.6 is 0 Å². The van der Waals surface area contributed by atoms with Gasteiger partial charge in [0.1, 0.15) is 0 Å². The van der Waals surface area contributed by atoms with Crippen molar-refractivity contribution in [1.82, 2.24) is 20.4 Å². The molecule has 2 aliphatic heterocycles. The third-order valence-corrected chi connectivity index (χ3v) is 9.31. The van der Waals surface area contributed by atoms with Crippen molar-refractivity contribution in [2.45, 2.75) is 29.9 Å². The lowest BCUT2D eigenvalue weighted by Crippen LogP contribution is -2.51. The van der Waals surface area contributed by atoms with Gasteiger partial charge in [0.25, 0.3) is 5.91 Å². The molecule has 1 aromatic heterocycles. The number of rotatable bonds is 6. The Hall–Kier alpha value is -3.63. The summed E-state index contributed by atoms with van der Waals surface area (Å²) in [5.74, 6) is 0.0370. The van der Waals surface area contributed by atoms with E-state index in [0.29, 0.717) is 56.1 Å². The molecular formula is C27H29N5O4S. The van der Waals surface area contributed by atoms with Crippen molar-refractivity contribution in [3.8, 4) is 0 Å². The second kappa shape index (κ2) is 10.4. The fourth-order valence-corrected chi connectivity index (χ4v) is 6.39. The second-order valence-electron chi connectivity index (χ2n) is 9.51. The third-order valence-electron chi connectivity index (χ3n) is 7.03. The summed E-state index contributed by atoms with van der Waals surface area (Å²) in [5.41, 5.74) is 2.23. The zero-order valence-electron chi connectivity index (χ0n) is 20.6. The Morgan fingerprint density at radius 1 is 0.973 bits per heavy atom. The lowest BCUT2D eigenvalue weighted by atomic mass is 10.0. The van der Waals surface area contributed by atoms with E-state index < -0.39 is 15.1 Å². The predicted molar refractivity (Wildman–Crippen MR) is 139 cm³/mol. The average Bonchev–Trinajstić information content (AvgIpc) is 2.89. The van der Waals surface area contributed by atoms with E-state index in [1.54, 1.807) is 53.4 Å². The van der Waals surface area contributed by atoms with Crippen molar-refractivity contribution in [1.29, 1.82) is 0 Å². The van der Waals surface area contributed by atoms with Crippen molar-refractivity contribution in [3.63, 3.8) is 0 Å². The lowest BCUT2D eigenvalue weighted by Gasteiger charge is -2.32. The van der Waals surface area contributed by atoms with Crippen LogP contribution in [0.25, 0.3) is 0 Å². The summed E-state index contributed by atoms with van der Waals surface area (Å²) < 4.78 is 26.8. The van der Waals surface area contributed by atoms with Gasteiger partial charge in [-0.25, -0.2) is 8.42 Å². The molecular weight excluding hydrogens is 490 g/mol. The molecule has 5 rings (SSSR count). The number of amides is 2. The summed E-state index contributed by atoms with van der Waals surface area (Å²) in [6.07, 6.45) is 2.29. The monoisotopic (exact) mass is 519 g/mol. The Balaban J connectivity index is 1.30. The normalized spacial score (nSPS) is 16.7. The number of likely N-dealkylation sites (tertiary alicyclic amines) is 1. The van der Waals surface area contributed by atoms with Crippen molar-refractivity contribution in [2.24, 2.45) is 5.92 Å². The number of hydrogen-bond donors (Lipinski definition) is 1. The van der Waals surface area contributed by atoms with Gasteiger partial charge in [0.2, 0.25) is 5.91 Å². The third kappa shape index (κ3) is 5.12. The molecule has 2 aliphatic rings. The Morgan fingerprint density at radius 2 is 1.65 bits per heavy atom. The number of nitrogens with zero attached hydrogens (tertiary/aromatic N) is 4. The zero-order valence-corrected chi connectivity index (χ0v) is 21.4. The quantitative estimate of drug-likeness (QED) is 0.533. The minimum absolute atomic E-state index is 0.0735. The van der Waals surface area contributed by atoms with Crippen LogP contribution in [-0.2, 0) is 14.6 Å². The Morgan fingerprint density at radius 3 is 2.22 bits per heavy atom. The molecule has 3 heterocycles. The number of aryl methyl sites for hydroxylation is 1. The standard InChI is InChI=1S/C27H29N5O4S/c1-19-4-6-20(7-5-19)26(33)31-15-12-24(13-16-31)37(35,36)23-10-8-22(9-11-23)32(25-3-2-14-29-30-25)27(34)21-17-28-18-21/h2-11,14,21,24,28H,12-13,15-18H2,1H3. The number of sulfone groups is 1. The molecule has 0 saturated carbocycles. The van der Waals surface area contributed by atoms with Crippen LogP contribution in [0.2, 0.25) is 0 Å². The molecule has 0 radical (unpaired) electrons. The van der Waals surface area contributed by atoms with E-state index in [4.69, 9.17) is 0 Å². The molecule has 0 unspecified atom stereocenters. The summed E-state index contributed by atoms with van der Waals surface area (Å²) in [7, 11) is -3.60. The Labute approximate surface area is 216 Å². The van der Waals surface area contributed by atoms with Gasteiger partial charge in [-0.2, -0.15) is 5.10 Å². The van der Waals surface area contributed by atoms with E-state index in [1.807, 2.05) is 19.1 Å². The highest BCUT2D eigenvalue weighted by Crippen LogP contribution is 2.30. The van der Waals surface area contributed by atoms with Crippen LogP contribution in [0.15, 0.2) is 71.8 Å². The summed E-state index contributed by atoms with van der Waals surface area (Å²) in [5, 5.41) is 10.5. The van der Waals surface area contributed by atoms with Crippen molar-refractivity contribution in [3.05, 3.63) is 78.0 Å². The van der Waals surface area contributed by atoms with Crippen molar-refractivity contribution < 1.29 is 18.0 Å². The van der Waals surface area contributed by atoms with E-state index in [9.17, 15) is 18.0 Å². The summed E-state index contributed by atoms with van der Waals surface area (Å²) in [4.78, 5) is 29.4. The van der Waals surface area contributed by atoms with Crippen LogP contribution in [0.1, 0.15) is 28.8 Å². The molecule has 2 amide bonds. The highest BCUT2D eigenvalue weighted by Gasteiger charge is 2.34. The van der Waals surface area contributed by atoms with E-state index >= 15 is 0 Å². The molecule has 3 aromatic rings. The molecule has 0 bridgehead atoms. The second-order valence-corrected chi connectivity index (χ2v) is 11.7. The van der Waals surface area contributed by atoms with Crippen LogP contribution in [0, 0.1) is 12.8 Å². The molecule has 2 fully saturated rings. The number of carbonyl (C=O) groups is 2. The van der Waals surface area contributed by atoms with Crippen LogP contribution in [0.5, 0.6) is 0 Å². The van der Waals surface area contributed by atoms with Gasteiger partial charge in [0.15, 0.2) is 15.7 Å². The molecule has 0 spiro atoms. The van der Waals surface area contributed by atoms with E-state index in [0.717, 1.165) is 5.56 Å². The molecule has 192 valence electrons. The first-order valence-corrected chi connectivity index (χ1v) is 13.9. The first kappa shape index (κ1) is 25.0. The molecule has 37 heavy (non-hydrogen) atoms. The summed E-state index contributed by atoms with van der Waals surface area (Å²) in [6, 6.07) is 17.2. The zero-order chi connectivity index (χ0) is 26.0. The first-order valence-electron chi connectivity index (χ1n) is 12.4. The van der Waals surface area contributed by atoms with E-state index in [1.165, 1.54) is 11.1 Å². The van der Waals surface area contributed by atoms with Gasteiger partial charge in [-0.05, 0) is 68.3 Å². The minimum Gasteiger partial charge on any atom is -0.339 e. The number of aromatic nitrogens is 2. The van der Waals surface area contributed by atoms with Crippen LogP contribution in [0.3, 0.4) is 0 Å². The van der Waals surface area contributed by atoms with E-state index in [2.05, 4.69) is 15.5 Å². The van der Waals surface area contributed by atoms with Gasteiger partial charge in [-0.1, -0.05) is 17.7 Å². The van der Waals surface area contributed by atoms with Gasteiger partial charge in [-0.3, -0.25) is 14.5 Å². The van der Waals surface area contributed by atoms with E-state index in [-0.39, 0.29) is 22.6 Å². The van der Waals surface area contributed by atoms with Gasteiger partial charge in [0, 0.05) is 37.9 Å². The number of hydrogen-bond acceptors (Lipinski definition) is 7. The SMILES string of the molecule is Cc1ccc(C(=O)N2CCC(S(=O)(=O)c3ccc(N(C(=O)C4CNC4)c4cccnn4)cc3)CC2)cc1. The topological polar surface area (TPSA) is 113 Å². The molecule has 0 atom stereocenters. The van der Waals surface area contributed by atoms with Crippen LogP contribution in [0.4, 0.5) is 11.5 Å². The highest BCUT2D eigenvalue weighted by molar-refractivity contribution is 7.92. The summed E-state index contributed by atoms with van der Waals surface area (Å²) in [6.45, 7) is 3.92.